The summed E-state index contributed by atoms with van der Waals surface area (Å²) in [5, 5.41) is 0. The van der Waals surface area contributed by atoms with Crippen molar-refractivity contribution in [2.45, 2.75) is 6.42 Å². The monoisotopic (exact) mass is 508 g/mol. The lowest BCUT2D eigenvalue weighted by atomic mass is 9.86. The van der Waals surface area contributed by atoms with Crippen molar-refractivity contribution in [2.75, 3.05) is 9.80 Å². The zero-order chi connectivity index (χ0) is 26.7. The van der Waals surface area contributed by atoms with Crippen LogP contribution in [0.25, 0.3) is 33.4 Å². The Labute approximate surface area is 224 Å². The molecule has 4 aromatic rings. The fourth-order valence-electron chi connectivity index (χ4n) is 5.80. The average Bonchev–Trinajstić information content (AvgIpc) is 3.61. The predicted octanol–water partition coefficient (Wildman–Crippen LogP) is 5.45. The highest BCUT2D eigenvalue weighted by Crippen LogP contribution is 2.49. The van der Waals surface area contributed by atoms with Gasteiger partial charge in [0, 0.05) is 35.4 Å². The molecule has 0 radical (unpaired) electrons. The predicted molar refractivity (Wildman–Crippen MR) is 149 cm³/mol. The molecular formula is C33H20N2O4. The Morgan fingerprint density at radius 2 is 0.897 bits per heavy atom. The molecule has 0 spiro atoms. The molecule has 7 rings (SSSR count). The van der Waals surface area contributed by atoms with Crippen LogP contribution in [0.2, 0.25) is 0 Å². The van der Waals surface area contributed by atoms with E-state index >= 15 is 0 Å². The number of para-hydroxylation sites is 2. The number of anilines is 2. The zero-order valence-electron chi connectivity index (χ0n) is 20.6. The summed E-state index contributed by atoms with van der Waals surface area (Å²) in [6.07, 6.45) is 5.75. The topological polar surface area (TPSA) is 74.8 Å². The molecule has 39 heavy (non-hydrogen) atoms. The van der Waals surface area contributed by atoms with E-state index in [1.165, 1.54) is 39.7 Å². The van der Waals surface area contributed by atoms with Crippen molar-refractivity contribution in [2.24, 2.45) is 0 Å². The summed E-state index contributed by atoms with van der Waals surface area (Å²) < 4.78 is 0. The Hall–Kier alpha value is -5.36. The van der Waals surface area contributed by atoms with Gasteiger partial charge in [0.05, 0.1) is 11.4 Å². The number of amides is 4. The minimum absolute atomic E-state index is 0.399. The van der Waals surface area contributed by atoms with Crippen LogP contribution < -0.4 is 9.80 Å². The van der Waals surface area contributed by atoms with Gasteiger partial charge in [0.15, 0.2) is 0 Å². The normalized spacial score (nSPS) is 15.5. The maximum atomic E-state index is 12.8. The fraction of sp³-hybridized carbons (Fsp3) is 0.0303. The molecule has 2 heterocycles. The molecular weight excluding hydrogens is 488 g/mol. The van der Waals surface area contributed by atoms with Crippen molar-refractivity contribution >= 4 is 35.0 Å². The minimum atomic E-state index is -0.401. The molecule has 3 aliphatic rings. The van der Waals surface area contributed by atoms with Gasteiger partial charge >= 0.3 is 0 Å². The van der Waals surface area contributed by atoms with Crippen LogP contribution in [0.1, 0.15) is 11.1 Å². The number of carbonyl (C=O) groups is 4. The Morgan fingerprint density at radius 3 is 1.51 bits per heavy atom. The molecule has 0 aromatic heterocycles. The highest BCUT2D eigenvalue weighted by Gasteiger charge is 2.33. The molecule has 0 N–H and O–H groups in total. The van der Waals surface area contributed by atoms with Gasteiger partial charge in [0.25, 0.3) is 23.6 Å². The van der Waals surface area contributed by atoms with Crippen LogP contribution >= 0.6 is 0 Å². The lowest BCUT2D eigenvalue weighted by molar-refractivity contribution is -0.121. The van der Waals surface area contributed by atoms with E-state index in [0.717, 1.165) is 33.4 Å². The third-order valence-electron chi connectivity index (χ3n) is 7.46. The van der Waals surface area contributed by atoms with Gasteiger partial charge in [0.2, 0.25) is 0 Å². The fourth-order valence-corrected chi connectivity index (χ4v) is 5.80. The van der Waals surface area contributed by atoms with Gasteiger partial charge in [0.1, 0.15) is 0 Å². The quantitative estimate of drug-likeness (QED) is 0.303. The summed E-state index contributed by atoms with van der Waals surface area (Å²) in [6, 6.07) is 26.9. The lowest BCUT2D eigenvalue weighted by Gasteiger charge is -2.24. The molecule has 0 saturated heterocycles. The number of fused-ring (bicyclic) bond motifs is 3. The van der Waals surface area contributed by atoms with Crippen LogP contribution in [0.15, 0.2) is 109 Å². The molecule has 186 valence electrons. The van der Waals surface area contributed by atoms with E-state index in [9.17, 15) is 19.2 Å². The summed E-state index contributed by atoms with van der Waals surface area (Å²) in [6.45, 7) is 0. The first-order valence-corrected chi connectivity index (χ1v) is 12.6. The van der Waals surface area contributed by atoms with Gasteiger partial charge in [-0.15, -0.1) is 0 Å². The van der Waals surface area contributed by atoms with Crippen molar-refractivity contribution < 1.29 is 19.2 Å². The molecule has 4 amide bonds. The van der Waals surface area contributed by atoms with Crippen molar-refractivity contribution in [3.8, 4) is 33.4 Å². The van der Waals surface area contributed by atoms with Crippen LogP contribution in [0.4, 0.5) is 11.4 Å². The smallest absolute Gasteiger partial charge is 0.258 e. The Kier molecular flexibility index (Phi) is 5.03. The second kappa shape index (κ2) is 8.60. The van der Waals surface area contributed by atoms with Crippen LogP contribution in [0, 0.1) is 0 Å². The van der Waals surface area contributed by atoms with E-state index in [1.807, 2.05) is 42.5 Å². The van der Waals surface area contributed by atoms with E-state index in [1.54, 1.807) is 24.3 Å². The summed E-state index contributed by atoms with van der Waals surface area (Å²) >= 11 is 0. The van der Waals surface area contributed by atoms with Gasteiger partial charge in [-0.05, 0) is 51.9 Å². The molecule has 0 fully saturated rings. The molecule has 6 heteroatoms. The third-order valence-corrected chi connectivity index (χ3v) is 7.46. The molecule has 6 nitrogen and oxygen atoms in total. The number of hydrogen-bond donors (Lipinski definition) is 0. The second-order valence-electron chi connectivity index (χ2n) is 9.57. The summed E-state index contributed by atoms with van der Waals surface area (Å²) in [4.78, 5) is 53.3. The number of imide groups is 2. The minimum Gasteiger partial charge on any atom is -0.269 e. The van der Waals surface area contributed by atoms with E-state index in [2.05, 4.69) is 18.2 Å². The highest BCUT2D eigenvalue weighted by molar-refractivity contribution is 6.30. The molecule has 0 unspecified atom stereocenters. The Bertz CT molecular complexity index is 1800. The number of nitrogens with zero attached hydrogens (tertiary/aromatic N) is 2. The van der Waals surface area contributed by atoms with Gasteiger partial charge in [-0.3, -0.25) is 19.2 Å². The molecule has 4 aromatic carbocycles. The molecule has 0 bridgehead atoms. The number of hydrogen-bond acceptors (Lipinski definition) is 4. The first-order chi connectivity index (χ1) is 19.0. The SMILES string of the molecule is O=C1C=CC(=O)N1c1ccccc1-c1ccc2c(c1-c1ccccc1N1C(=O)C=CC1=O)Cc1ccccc1-2. The van der Waals surface area contributed by atoms with Crippen LogP contribution in [-0.2, 0) is 25.6 Å². The summed E-state index contributed by atoms with van der Waals surface area (Å²) in [5.74, 6) is -1.60. The van der Waals surface area contributed by atoms with Crippen molar-refractivity contribution in [3.05, 3.63) is 120 Å². The van der Waals surface area contributed by atoms with E-state index in [4.69, 9.17) is 0 Å². The van der Waals surface area contributed by atoms with Crippen molar-refractivity contribution in [1.82, 2.24) is 0 Å². The summed E-state index contributed by atoms with van der Waals surface area (Å²) in [5.41, 5.74) is 8.46. The number of benzene rings is 4. The maximum Gasteiger partial charge on any atom is 0.258 e. The second-order valence-corrected chi connectivity index (χ2v) is 9.57. The molecule has 0 atom stereocenters. The van der Waals surface area contributed by atoms with Crippen molar-refractivity contribution in [1.29, 1.82) is 0 Å². The number of carbonyl (C=O) groups excluding carboxylic acids is 4. The van der Waals surface area contributed by atoms with Gasteiger partial charge in [-0.1, -0.05) is 72.8 Å². The van der Waals surface area contributed by atoms with Gasteiger partial charge in [-0.2, -0.15) is 0 Å². The maximum absolute atomic E-state index is 12.8. The number of rotatable bonds is 4. The Morgan fingerprint density at radius 1 is 0.436 bits per heavy atom. The average molecular weight is 509 g/mol. The summed E-state index contributed by atoms with van der Waals surface area (Å²) in [7, 11) is 0. The lowest BCUT2D eigenvalue weighted by Crippen LogP contribution is -2.30. The Balaban J connectivity index is 1.52. The molecule has 1 aliphatic carbocycles. The standard InChI is InChI=1S/C33H20N2O4/c36-29-15-16-30(37)34(29)27-11-5-3-9-23(27)24-14-13-22-21-8-2-1-7-20(21)19-26(22)33(24)25-10-4-6-12-28(25)35-31(38)17-18-32(35)39/h1-18H,19H2. The molecule has 0 saturated carbocycles. The zero-order valence-corrected chi connectivity index (χ0v) is 20.6. The van der Waals surface area contributed by atoms with Gasteiger partial charge < -0.3 is 0 Å². The van der Waals surface area contributed by atoms with E-state index < -0.39 is 23.6 Å². The van der Waals surface area contributed by atoms with Crippen molar-refractivity contribution in [3.63, 3.8) is 0 Å². The highest BCUT2D eigenvalue weighted by atomic mass is 16.2. The van der Waals surface area contributed by atoms with E-state index in [0.29, 0.717) is 23.4 Å². The van der Waals surface area contributed by atoms with Crippen LogP contribution in [0.3, 0.4) is 0 Å². The molecule has 2 aliphatic heterocycles. The first-order valence-electron chi connectivity index (χ1n) is 12.6. The first kappa shape index (κ1) is 22.8. The van der Waals surface area contributed by atoms with Crippen LogP contribution in [0.5, 0.6) is 0 Å². The van der Waals surface area contributed by atoms with Crippen LogP contribution in [-0.4, -0.2) is 23.6 Å². The third kappa shape index (κ3) is 3.42. The van der Waals surface area contributed by atoms with E-state index in [-0.39, 0.29) is 0 Å². The van der Waals surface area contributed by atoms with Gasteiger partial charge in [-0.25, -0.2) is 9.80 Å². The largest absolute Gasteiger partial charge is 0.269 e.